The van der Waals surface area contributed by atoms with Gasteiger partial charge in [-0.15, -0.1) is 0 Å². The molecule has 2 rings (SSSR count). The predicted octanol–water partition coefficient (Wildman–Crippen LogP) is 2.55. The molecule has 0 aliphatic carbocycles. The molecule has 0 aromatic heterocycles. The lowest BCUT2D eigenvalue weighted by Gasteiger charge is -2.10. The van der Waals surface area contributed by atoms with Crippen LogP contribution < -0.4 is 10.6 Å². The molecule has 9 heteroatoms. The molecule has 2 aromatic rings. The van der Waals surface area contributed by atoms with Crippen LogP contribution in [-0.2, 0) is 31.7 Å². The van der Waals surface area contributed by atoms with E-state index >= 15 is 0 Å². The molecular formula is C19H17F3N2O4. The summed E-state index contributed by atoms with van der Waals surface area (Å²) < 4.78 is 42.6. The molecule has 0 atom stereocenters. The molecule has 0 heterocycles. The summed E-state index contributed by atoms with van der Waals surface area (Å²) in [5.41, 5.74) is -0.218. The molecule has 0 fully saturated rings. The summed E-state index contributed by atoms with van der Waals surface area (Å²) in [6, 6.07) is 12.9. The maximum atomic E-state index is 12.6. The second kappa shape index (κ2) is 9.54. The van der Waals surface area contributed by atoms with Crippen LogP contribution in [0.3, 0.4) is 0 Å². The Balaban J connectivity index is 1.72. The van der Waals surface area contributed by atoms with Crippen molar-refractivity contribution in [2.45, 2.75) is 12.6 Å². The van der Waals surface area contributed by atoms with Crippen LogP contribution in [0, 0.1) is 0 Å². The van der Waals surface area contributed by atoms with Gasteiger partial charge in [0.05, 0.1) is 12.0 Å². The van der Waals surface area contributed by atoms with Crippen LogP contribution in [0.1, 0.15) is 11.1 Å². The first-order valence-electron chi connectivity index (χ1n) is 8.17. The Labute approximate surface area is 158 Å². The van der Waals surface area contributed by atoms with E-state index < -0.39 is 42.7 Å². The van der Waals surface area contributed by atoms with Crippen LogP contribution >= 0.6 is 0 Å². The van der Waals surface area contributed by atoms with Crippen LogP contribution in [0.4, 0.5) is 18.9 Å². The molecule has 0 bridgehead atoms. The highest BCUT2D eigenvalue weighted by molar-refractivity contribution is 5.93. The average molecular weight is 394 g/mol. The van der Waals surface area contributed by atoms with Gasteiger partial charge in [0.15, 0.2) is 6.61 Å². The Morgan fingerprint density at radius 3 is 2.32 bits per heavy atom. The number of hydrogen-bond donors (Lipinski definition) is 2. The smallest absolute Gasteiger partial charge is 0.416 e. The van der Waals surface area contributed by atoms with E-state index in [1.54, 1.807) is 24.3 Å². The van der Waals surface area contributed by atoms with E-state index in [1.807, 2.05) is 6.07 Å². The van der Waals surface area contributed by atoms with Crippen molar-refractivity contribution < 1.29 is 32.3 Å². The fourth-order valence-corrected chi connectivity index (χ4v) is 2.18. The Morgan fingerprint density at radius 1 is 0.929 bits per heavy atom. The summed E-state index contributed by atoms with van der Waals surface area (Å²) >= 11 is 0. The van der Waals surface area contributed by atoms with Crippen molar-refractivity contribution in [2.75, 3.05) is 18.5 Å². The minimum Gasteiger partial charge on any atom is -0.454 e. The molecule has 2 amide bonds. The first kappa shape index (κ1) is 20.9. The van der Waals surface area contributed by atoms with E-state index in [-0.39, 0.29) is 12.1 Å². The molecule has 0 aliphatic rings. The van der Waals surface area contributed by atoms with Crippen LogP contribution in [-0.4, -0.2) is 30.9 Å². The van der Waals surface area contributed by atoms with Gasteiger partial charge >= 0.3 is 12.1 Å². The molecule has 0 spiro atoms. The van der Waals surface area contributed by atoms with Gasteiger partial charge in [-0.2, -0.15) is 13.2 Å². The Hall–Kier alpha value is -3.36. The Morgan fingerprint density at radius 2 is 1.64 bits per heavy atom. The number of benzene rings is 2. The fourth-order valence-electron chi connectivity index (χ4n) is 2.18. The number of halogens is 3. The predicted molar refractivity (Wildman–Crippen MR) is 94.2 cm³/mol. The number of esters is 1. The number of ether oxygens (including phenoxy) is 1. The van der Waals surface area contributed by atoms with Crippen molar-refractivity contribution in [1.82, 2.24) is 5.32 Å². The molecule has 28 heavy (non-hydrogen) atoms. The lowest BCUT2D eigenvalue weighted by atomic mass is 10.1. The maximum Gasteiger partial charge on any atom is 0.416 e. The van der Waals surface area contributed by atoms with Crippen LogP contribution in [0.15, 0.2) is 54.6 Å². The van der Waals surface area contributed by atoms with Crippen molar-refractivity contribution in [3.8, 4) is 0 Å². The third-order valence-corrected chi connectivity index (χ3v) is 3.48. The number of amides is 2. The molecule has 0 aliphatic heterocycles. The summed E-state index contributed by atoms with van der Waals surface area (Å²) in [6.45, 7) is -1.12. The minimum absolute atomic E-state index is 0.0768. The van der Waals surface area contributed by atoms with E-state index in [0.717, 1.165) is 23.8 Å². The third kappa shape index (κ3) is 7.10. The van der Waals surface area contributed by atoms with Crippen LogP contribution in [0.25, 0.3) is 0 Å². The SMILES string of the molecule is O=C(Cc1ccccc1)NCC(=O)OCC(=O)Nc1cccc(C(F)(F)F)c1. The molecule has 0 unspecified atom stereocenters. The van der Waals surface area contributed by atoms with Gasteiger partial charge < -0.3 is 15.4 Å². The Bertz CT molecular complexity index is 839. The first-order chi connectivity index (χ1) is 13.2. The lowest BCUT2D eigenvalue weighted by molar-refractivity contribution is -0.147. The summed E-state index contributed by atoms with van der Waals surface area (Å²) in [6.07, 6.45) is -4.45. The normalized spacial score (nSPS) is 10.8. The molecular weight excluding hydrogens is 377 g/mol. The quantitative estimate of drug-likeness (QED) is 0.707. The Kier molecular flexibility index (Phi) is 7.14. The molecule has 0 radical (unpaired) electrons. The van der Waals surface area contributed by atoms with Crippen LogP contribution in [0.2, 0.25) is 0 Å². The highest BCUT2D eigenvalue weighted by Crippen LogP contribution is 2.30. The van der Waals surface area contributed by atoms with Crippen LogP contribution in [0.5, 0.6) is 0 Å². The maximum absolute atomic E-state index is 12.6. The van der Waals surface area contributed by atoms with Crippen molar-refractivity contribution in [3.63, 3.8) is 0 Å². The van der Waals surface area contributed by atoms with Gasteiger partial charge in [0, 0.05) is 5.69 Å². The second-order valence-corrected chi connectivity index (χ2v) is 5.73. The van der Waals surface area contributed by atoms with Gasteiger partial charge in [-0.3, -0.25) is 14.4 Å². The van der Waals surface area contributed by atoms with Gasteiger partial charge in [0.1, 0.15) is 6.54 Å². The van der Waals surface area contributed by atoms with E-state index in [4.69, 9.17) is 0 Å². The number of carbonyl (C=O) groups is 3. The van der Waals surface area contributed by atoms with E-state index in [0.29, 0.717) is 0 Å². The third-order valence-electron chi connectivity index (χ3n) is 3.48. The number of carbonyl (C=O) groups excluding carboxylic acids is 3. The summed E-state index contributed by atoms with van der Waals surface area (Å²) in [7, 11) is 0. The number of anilines is 1. The van der Waals surface area contributed by atoms with Crippen molar-refractivity contribution in [1.29, 1.82) is 0 Å². The molecule has 0 saturated carbocycles. The van der Waals surface area contributed by atoms with Gasteiger partial charge in [-0.25, -0.2) is 0 Å². The van der Waals surface area contributed by atoms with Gasteiger partial charge in [-0.1, -0.05) is 36.4 Å². The highest BCUT2D eigenvalue weighted by Gasteiger charge is 2.30. The fraction of sp³-hybridized carbons (Fsp3) is 0.211. The van der Waals surface area contributed by atoms with E-state index in [9.17, 15) is 27.6 Å². The summed E-state index contributed by atoms with van der Waals surface area (Å²) in [4.78, 5) is 35.0. The molecule has 2 N–H and O–H groups in total. The molecule has 6 nitrogen and oxygen atoms in total. The van der Waals surface area contributed by atoms with Crippen molar-refractivity contribution in [3.05, 3.63) is 65.7 Å². The standard InChI is InChI=1S/C19H17F3N2O4/c20-19(21,22)14-7-4-8-15(10-14)24-17(26)12-28-18(27)11-23-16(25)9-13-5-2-1-3-6-13/h1-8,10H,9,11-12H2,(H,23,25)(H,24,26). The summed E-state index contributed by atoms with van der Waals surface area (Å²) in [5, 5.41) is 4.56. The second-order valence-electron chi connectivity index (χ2n) is 5.73. The number of rotatable bonds is 7. The zero-order valence-electron chi connectivity index (χ0n) is 14.6. The molecule has 148 valence electrons. The number of nitrogens with one attached hydrogen (secondary N) is 2. The number of alkyl halides is 3. The van der Waals surface area contributed by atoms with E-state index in [2.05, 4.69) is 15.4 Å². The minimum atomic E-state index is -4.54. The van der Waals surface area contributed by atoms with Gasteiger partial charge in [0.25, 0.3) is 5.91 Å². The van der Waals surface area contributed by atoms with Gasteiger partial charge in [-0.05, 0) is 23.8 Å². The largest absolute Gasteiger partial charge is 0.454 e. The van der Waals surface area contributed by atoms with E-state index in [1.165, 1.54) is 6.07 Å². The first-order valence-corrected chi connectivity index (χ1v) is 8.17. The summed E-state index contributed by atoms with van der Waals surface area (Å²) in [5.74, 6) is -2.04. The van der Waals surface area contributed by atoms with Gasteiger partial charge in [0.2, 0.25) is 5.91 Å². The highest BCUT2D eigenvalue weighted by atomic mass is 19.4. The van der Waals surface area contributed by atoms with Crippen molar-refractivity contribution in [2.24, 2.45) is 0 Å². The van der Waals surface area contributed by atoms with Crippen molar-refractivity contribution >= 4 is 23.5 Å². The molecule has 0 saturated heterocycles. The molecule has 2 aromatic carbocycles. The lowest BCUT2D eigenvalue weighted by Crippen LogP contribution is -2.33. The zero-order valence-corrected chi connectivity index (χ0v) is 14.6. The average Bonchev–Trinajstić information content (AvgIpc) is 2.65. The topological polar surface area (TPSA) is 84.5 Å². The number of hydrogen-bond acceptors (Lipinski definition) is 4. The monoisotopic (exact) mass is 394 g/mol. The zero-order chi connectivity index (χ0) is 20.6.